The molecule has 1 aromatic rings. The summed E-state index contributed by atoms with van der Waals surface area (Å²) in [5, 5.41) is 9.79. The molecule has 6 heteroatoms. The number of amides is 3. The number of thiophene rings is 1. The fraction of sp³-hybridized carbons (Fsp3) is 0.647. The predicted molar refractivity (Wildman–Crippen MR) is 93.6 cm³/mol. The third-order valence-corrected chi connectivity index (χ3v) is 5.04. The molecule has 1 aromatic heterocycles. The Hall–Kier alpha value is -1.56. The van der Waals surface area contributed by atoms with Crippen LogP contribution >= 0.6 is 11.3 Å². The van der Waals surface area contributed by atoms with Gasteiger partial charge in [-0.3, -0.25) is 4.79 Å². The fourth-order valence-corrected chi connectivity index (χ4v) is 3.69. The number of nitrogens with one attached hydrogen (secondary N) is 2. The van der Waals surface area contributed by atoms with Crippen molar-refractivity contribution in [3.05, 3.63) is 22.4 Å². The van der Waals surface area contributed by atoms with Gasteiger partial charge in [-0.2, -0.15) is 11.3 Å². The molecule has 1 fully saturated rings. The van der Waals surface area contributed by atoms with Crippen molar-refractivity contribution in [1.29, 1.82) is 0 Å². The van der Waals surface area contributed by atoms with E-state index in [0.29, 0.717) is 0 Å². The molecule has 0 aromatic carbocycles. The van der Waals surface area contributed by atoms with Gasteiger partial charge in [-0.05, 0) is 68.8 Å². The van der Waals surface area contributed by atoms with Crippen LogP contribution in [0.2, 0.25) is 0 Å². The van der Waals surface area contributed by atoms with E-state index < -0.39 is 6.04 Å². The summed E-state index contributed by atoms with van der Waals surface area (Å²) in [5.41, 5.74) is 1.22. The number of piperidine rings is 1. The number of nitrogens with zero attached hydrogens (tertiary/aromatic N) is 1. The summed E-state index contributed by atoms with van der Waals surface area (Å²) >= 11 is 1.65. The molecule has 1 saturated heterocycles. The highest BCUT2D eigenvalue weighted by Crippen LogP contribution is 2.17. The van der Waals surface area contributed by atoms with Gasteiger partial charge in [-0.15, -0.1) is 0 Å². The number of carbonyl (C=O) groups is 2. The predicted octanol–water partition coefficient (Wildman–Crippen LogP) is 2.77. The topological polar surface area (TPSA) is 61.4 Å². The zero-order valence-corrected chi connectivity index (χ0v) is 15.0. The number of urea groups is 1. The van der Waals surface area contributed by atoms with E-state index >= 15 is 0 Å². The summed E-state index contributed by atoms with van der Waals surface area (Å²) in [6, 6.07) is 1.58. The molecular weight excluding hydrogens is 310 g/mol. The van der Waals surface area contributed by atoms with Crippen molar-refractivity contribution in [2.24, 2.45) is 0 Å². The van der Waals surface area contributed by atoms with Gasteiger partial charge in [0.15, 0.2) is 0 Å². The smallest absolute Gasteiger partial charge is 0.315 e. The highest BCUT2D eigenvalue weighted by atomic mass is 32.1. The molecule has 23 heavy (non-hydrogen) atoms. The second kappa shape index (κ2) is 8.34. The highest BCUT2D eigenvalue weighted by molar-refractivity contribution is 7.07. The lowest BCUT2D eigenvalue weighted by atomic mass is 10.0. The molecule has 0 radical (unpaired) electrons. The van der Waals surface area contributed by atoms with Crippen molar-refractivity contribution in [1.82, 2.24) is 15.5 Å². The molecule has 128 valence electrons. The van der Waals surface area contributed by atoms with Crippen molar-refractivity contribution in [3.63, 3.8) is 0 Å². The summed E-state index contributed by atoms with van der Waals surface area (Å²) in [4.78, 5) is 26.4. The van der Waals surface area contributed by atoms with E-state index in [2.05, 4.69) is 29.0 Å². The normalized spacial score (nSPS) is 20.7. The van der Waals surface area contributed by atoms with Gasteiger partial charge in [-0.1, -0.05) is 0 Å². The van der Waals surface area contributed by atoms with Crippen molar-refractivity contribution < 1.29 is 9.59 Å². The molecule has 2 heterocycles. The summed E-state index contributed by atoms with van der Waals surface area (Å²) in [6.45, 7) is 6.60. The molecular formula is C17H27N3O2S. The Labute approximate surface area is 142 Å². The van der Waals surface area contributed by atoms with Crippen LogP contribution < -0.4 is 10.6 Å². The largest absolute Gasteiger partial charge is 0.338 e. The Morgan fingerprint density at radius 2 is 2.13 bits per heavy atom. The zero-order chi connectivity index (χ0) is 16.8. The van der Waals surface area contributed by atoms with Crippen LogP contribution in [-0.4, -0.2) is 41.5 Å². The lowest BCUT2D eigenvalue weighted by Crippen LogP contribution is -2.54. The number of hydrogen-bond acceptors (Lipinski definition) is 3. The van der Waals surface area contributed by atoms with Crippen LogP contribution in [0.25, 0.3) is 0 Å². The van der Waals surface area contributed by atoms with E-state index in [4.69, 9.17) is 0 Å². The summed E-state index contributed by atoms with van der Waals surface area (Å²) < 4.78 is 0. The van der Waals surface area contributed by atoms with E-state index in [9.17, 15) is 9.59 Å². The minimum Gasteiger partial charge on any atom is -0.338 e. The third-order valence-electron chi connectivity index (χ3n) is 4.30. The number of carbonyl (C=O) groups excluding carboxylic acids is 2. The van der Waals surface area contributed by atoms with Gasteiger partial charge in [-0.25, -0.2) is 4.79 Å². The monoisotopic (exact) mass is 337 g/mol. The maximum Gasteiger partial charge on any atom is 0.315 e. The van der Waals surface area contributed by atoms with Crippen LogP contribution in [-0.2, 0) is 11.2 Å². The van der Waals surface area contributed by atoms with E-state index in [1.165, 1.54) is 12.0 Å². The molecule has 1 aliphatic heterocycles. The molecule has 5 nitrogen and oxygen atoms in total. The molecule has 0 unspecified atom stereocenters. The highest BCUT2D eigenvalue weighted by Gasteiger charge is 2.27. The van der Waals surface area contributed by atoms with Gasteiger partial charge in [0.05, 0.1) is 0 Å². The fourth-order valence-electron chi connectivity index (χ4n) is 3.01. The van der Waals surface area contributed by atoms with Crippen LogP contribution in [0, 0.1) is 0 Å². The average molecular weight is 337 g/mol. The van der Waals surface area contributed by atoms with Gasteiger partial charge in [0.1, 0.15) is 6.04 Å². The summed E-state index contributed by atoms with van der Waals surface area (Å²) in [6.07, 6.45) is 4.06. The Balaban J connectivity index is 1.78. The quantitative estimate of drug-likeness (QED) is 0.868. The molecule has 0 saturated carbocycles. The summed E-state index contributed by atoms with van der Waals surface area (Å²) in [5.74, 6) is 0.0119. The first-order chi connectivity index (χ1) is 11.0. The number of rotatable bonds is 5. The average Bonchev–Trinajstić information content (AvgIpc) is 2.99. The van der Waals surface area contributed by atoms with Crippen LogP contribution in [0.5, 0.6) is 0 Å². The Kier molecular flexibility index (Phi) is 6.45. The first kappa shape index (κ1) is 17.8. The minimum atomic E-state index is -0.496. The maximum absolute atomic E-state index is 12.5. The van der Waals surface area contributed by atoms with Crippen molar-refractivity contribution in [3.8, 4) is 0 Å². The van der Waals surface area contributed by atoms with Crippen molar-refractivity contribution in [2.75, 3.05) is 6.54 Å². The van der Waals surface area contributed by atoms with Crippen LogP contribution in [0.4, 0.5) is 4.79 Å². The standard InChI is InChI=1S/C17H27N3O2S/c1-12(10-15-7-9-23-11-15)18-17(22)19-14(3)16(21)20-8-5-4-6-13(20)2/h7,9,11-14H,4-6,8,10H2,1-3H3,(H2,18,19,22)/t12-,13+,14+/m1/s1. The molecule has 3 atom stereocenters. The molecule has 0 spiro atoms. The molecule has 2 N–H and O–H groups in total. The van der Waals surface area contributed by atoms with Gasteiger partial charge in [0, 0.05) is 18.6 Å². The van der Waals surface area contributed by atoms with E-state index in [-0.39, 0.29) is 24.0 Å². The SMILES string of the molecule is C[C@H](Cc1ccsc1)NC(=O)N[C@@H](C)C(=O)N1CCCC[C@@H]1C. The molecule has 2 rings (SSSR count). The van der Waals surface area contributed by atoms with Crippen LogP contribution in [0.1, 0.15) is 45.6 Å². The van der Waals surface area contributed by atoms with Gasteiger partial charge < -0.3 is 15.5 Å². The Morgan fingerprint density at radius 3 is 2.78 bits per heavy atom. The van der Waals surface area contributed by atoms with E-state index in [0.717, 1.165) is 25.8 Å². The first-order valence-corrected chi connectivity index (χ1v) is 9.30. The van der Waals surface area contributed by atoms with Crippen LogP contribution in [0.15, 0.2) is 16.8 Å². The molecule has 1 aliphatic rings. The summed E-state index contributed by atoms with van der Waals surface area (Å²) in [7, 11) is 0. The lowest BCUT2D eigenvalue weighted by molar-refractivity contribution is -0.136. The zero-order valence-electron chi connectivity index (χ0n) is 14.2. The lowest BCUT2D eigenvalue weighted by Gasteiger charge is -2.35. The maximum atomic E-state index is 12.5. The van der Waals surface area contributed by atoms with Gasteiger partial charge in [0.2, 0.25) is 5.91 Å². The Morgan fingerprint density at radius 1 is 1.35 bits per heavy atom. The van der Waals surface area contributed by atoms with Gasteiger partial charge >= 0.3 is 6.03 Å². The second-order valence-corrected chi connectivity index (χ2v) is 7.23. The Bertz CT molecular complexity index is 518. The minimum absolute atomic E-state index is 0.0119. The van der Waals surface area contributed by atoms with Crippen molar-refractivity contribution >= 4 is 23.3 Å². The van der Waals surface area contributed by atoms with Crippen LogP contribution in [0.3, 0.4) is 0 Å². The molecule has 0 aliphatic carbocycles. The molecule has 0 bridgehead atoms. The van der Waals surface area contributed by atoms with Crippen molar-refractivity contribution in [2.45, 2.75) is 64.6 Å². The van der Waals surface area contributed by atoms with E-state index in [1.54, 1.807) is 18.3 Å². The first-order valence-electron chi connectivity index (χ1n) is 8.36. The number of hydrogen-bond donors (Lipinski definition) is 2. The molecule has 3 amide bonds. The number of likely N-dealkylation sites (tertiary alicyclic amines) is 1. The van der Waals surface area contributed by atoms with E-state index in [1.807, 2.05) is 17.2 Å². The second-order valence-electron chi connectivity index (χ2n) is 6.45. The third kappa shape index (κ3) is 5.23. The van der Waals surface area contributed by atoms with Gasteiger partial charge in [0.25, 0.3) is 0 Å².